The van der Waals surface area contributed by atoms with E-state index in [1.807, 2.05) is 0 Å². The molecule has 0 N–H and O–H groups in total. The second kappa shape index (κ2) is 4.77. The molecule has 0 aliphatic rings. The van der Waals surface area contributed by atoms with Gasteiger partial charge in [-0.05, 0) is 25.5 Å². The van der Waals surface area contributed by atoms with Crippen LogP contribution in [0.1, 0.15) is 12.5 Å². The van der Waals surface area contributed by atoms with E-state index in [0.29, 0.717) is 11.3 Å². The molecule has 1 rings (SSSR count). The number of halogens is 1. The molecular weight excluding hydrogens is 199 g/mol. The largest absolute Gasteiger partial charge is 0.479 e. The van der Waals surface area contributed by atoms with Gasteiger partial charge in [-0.3, -0.25) is 0 Å². The summed E-state index contributed by atoms with van der Waals surface area (Å²) in [5, 5.41) is 0. The minimum absolute atomic E-state index is 0.316. The monoisotopic (exact) mass is 212 g/mol. The van der Waals surface area contributed by atoms with Crippen LogP contribution < -0.4 is 4.74 Å². The van der Waals surface area contributed by atoms with Gasteiger partial charge in [0, 0.05) is 6.07 Å². The molecular formula is C11H13FO3. The molecule has 1 aromatic carbocycles. The van der Waals surface area contributed by atoms with E-state index in [-0.39, 0.29) is 5.82 Å². The molecule has 0 spiro atoms. The summed E-state index contributed by atoms with van der Waals surface area (Å²) >= 11 is 0. The molecule has 1 aromatic rings. The van der Waals surface area contributed by atoms with Gasteiger partial charge >= 0.3 is 5.97 Å². The van der Waals surface area contributed by atoms with Gasteiger partial charge in [0.05, 0.1) is 7.11 Å². The van der Waals surface area contributed by atoms with Gasteiger partial charge in [0.25, 0.3) is 0 Å². The lowest BCUT2D eigenvalue weighted by Gasteiger charge is -2.12. The molecule has 0 bridgehead atoms. The normalized spacial score (nSPS) is 12.0. The zero-order chi connectivity index (χ0) is 11.4. The zero-order valence-corrected chi connectivity index (χ0v) is 8.91. The third kappa shape index (κ3) is 2.94. The summed E-state index contributed by atoms with van der Waals surface area (Å²) in [5.74, 6) is -0.531. The van der Waals surface area contributed by atoms with Crippen LogP contribution in [0.25, 0.3) is 0 Å². The van der Waals surface area contributed by atoms with Crippen LogP contribution in [0.3, 0.4) is 0 Å². The number of esters is 1. The van der Waals surface area contributed by atoms with Gasteiger partial charge in [0.2, 0.25) is 0 Å². The molecule has 0 fully saturated rings. The van der Waals surface area contributed by atoms with Crippen molar-refractivity contribution in [2.75, 3.05) is 7.11 Å². The Morgan fingerprint density at radius 3 is 2.67 bits per heavy atom. The number of rotatable bonds is 3. The van der Waals surface area contributed by atoms with Crippen LogP contribution in [0.15, 0.2) is 18.2 Å². The number of methoxy groups -OCH3 is 1. The minimum atomic E-state index is -0.739. The van der Waals surface area contributed by atoms with E-state index in [9.17, 15) is 9.18 Å². The topological polar surface area (TPSA) is 35.5 Å². The second-order valence-electron chi connectivity index (χ2n) is 3.19. The molecule has 0 unspecified atom stereocenters. The maximum atomic E-state index is 13.1. The molecule has 0 amide bonds. The van der Waals surface area contributed by atoms with E-state index in [0.717, 1.165) is 0 Å². The Kier molecular flexibility index (Phi) is 3.66. The fourth-order valence-electron chi connectivity index (χ4n) is 1.07. The molecule has 0 heterocycles. The molecule has 15 heavy (non-hydrogen) atoms. The maximum absolute atomic E-state index is 13.1. The van der Waals surface area contributed by atoms with Crippen molar-refractivity contribution in [3.05, 3.63) is 29.6 Å². The van der Waals surface area contributed by atoms with Gasteiger partial charge in [0.1, 0.15) is 11.6 Å². The first-order valence-corrected chi connectivity index (χ1v) is 4.55. The van der Waals surface area contributed by atoms with E-state index in [1.54, 1.807) is 26.0 Å². The summed E-state index contributed by atoms with van der Waals surface area (Å²) in [4.78, 5) is 11.0. The lowest BCUT2D eigenvalue weighted by atomic mass is 10.2. The average Bonchev–Trinajstić information content (AvgIpc) is 2.22. The van der Waals surface area contributed by atoms with E-state index in [1.165, 1.54) is 13.2 Å². The Labute approximate surface area is 87.8 Å². The number of aryl methyl sites for hydroxylation is 1. The highest BCUT2D eigenvalue weighted by molar-refractivity contribution is 5.74. The average molecular weight is 212 g/mol. The lowest BCUT2D eigenvalue weighted by molar-refractivity contribution is -0.147. The molecule has 0 saturated heterocycles. The lowest BCUT2D eigenvalue weighted by Crippen LogP contribution is -2.24. The summed E-state index contributed by atoms with van der Waals surface area (Å²) in [5.41, 5.74) is 0.535. The summed E-state index contributed by atoms with van der Waals surface area (Å²) in [6.07, 6.45) is -0.739. The maximum Gasteiger partial charge on any atom is 0.346 e. The Morgan fingerprint density at radius 2 is 2.13 bits per heavy atom. The molecule has 0 aliphatic carbocycles. The third-order valence-electron chi connectivity index (χ3n) is 1.99. The van der Waals surface area contributed by atoms with Crippen LogP contribution in [0.5, 0.6) is 5.75 Å². The summed E-state index contributed by atoms with van der Waals surface area (Å²) in [6, 6.07) is 4.45. The van der Waals surface area contributed by atoms with Crippen LogP contribution in [0.2, 0.25) is 0 Å². The zero-order valence-electron chi connectivity index (χ0n) is 8.91. The standard InChI is InChI=1S/C11H13FO3/c1-7-4-5-9(6-10(7)12)15-8(2)11(13)14-3/h4-6,8H,1-3H3/t8-/m1/s1. The van der Waals surface area contributed by atoms with Crippen LogP contribution in [0, 0.1) is 12.7 Å². The second-order valence-corrected chi connectivity index (χ2v) is 3.19. The van der Waals surface area contributed by atoms with E-state index in [4.69, 9.17) is 4.74 Å². The number of hydrogen-bond acceptors (Lipinski definition) is 3. The van der Waals surface area contributed by atoms with E-state index < -0.39 is 12.1 Å². The predicted octanol–water partition coefficient (Wildman–Crippen LogP) is 2.07. The van der Waals surface area contributed by atoms with Gasteiger partial charge in [0.15, 0.2) is 6.10 Å². The van der Waals surface area contributed by atoms with Crippen molar-refractivity contribution >= 4 is 5.97 Å². The van der Waals surface area contributed by atoms with Crippen LogP contribution in [0.4, 0.5) is 4.39 Å². The number of carbonyl (C=O) groups is 1. The van der Waals surface area contributed by atoms with Gasteiger partial charge in [-0.2, -0.15) is 0 Å². The summed E-state index contributed by atoms with van der Waals surface area (Å²) in [7, 11) is 1.28. The quantitative estimate of drug-likeness (QED) is 0.719. The highest BCUT2D eigenvalue weighted by Gasteiger charge is 2.14. The first-order chi connectivity index (χ1) is 7.04. The number of benzene rings is 1. The first kappa shape index (κ1) is 11.5. The SMILES string of the molecule is COC(=O)[C@@H](C)Oc1ccc(C)c(F)c1. The molecule has 3 nitrogen and oxygen atoms in total. The fourth-order valence-corrected chi connectivity index (χ4v) is 1.07. The minimum Gasteiger partial charge on any atom is -0.479 e. The van der Waals surface area contributed by atoms with E-state index >= 15 is 0 Å². The number of hydrogen-bond donors (Lipinski definition) is 0. The fraction of sp³-hybridized carbons (Fsp3) is 0.364. The van der Waals surface area contributed by atoms with Crippen molar-refractivity contribution < 1.29 is 18.7 Å². The molecule has 4 heteroatoms. The third-order valence-corrected chi connectivity index (χ3v) is 1.99. The number of carbonyl (C=O) groups excluding carboxylic acids is 1. The molecule has 0 saturated carbocycles. The Hall–Kier alpha value is -1.58. The van der Waals surface area contributed by atoms with Gasteiger partial charge in [-0.25, -0.2) is 9.18 Å². The smallest absolute Gasteiger partial charge is 0.346 e. The van der Waals surface area contributed by atoms with Crippen molar-refractivity contribution in [3.63, 3.8) is 0 Å². The van der Waals surface area contributed by atoms with E-state index in [2.05, 4.69) is 4.74 Å². The highest BCUT2D eigenvalue weighted by Crippen LogP contribution is 2.17. The Morgan fingerprint density at radius 1 is 1.47 bits per heavy atom. The number of ether oxygens (including phenoxy) is 2. The molecule has 0 radical (unpaired) electrons. The van der Waals surface area contributed by atoms with Crippen molar-refractivity contribution in [1.29, 1.82) is 0 Å². The molecule has 0 aliphatic heterocycles. The molecule has 1 atom stereocenters. The Bertz CT molecular complexity index is 363. The summed E-state index contributed by atoms with van der Waals surface area (Å²) in [6.45, 7) is 3.20. The van der Waals surface area contributed by atoms with Crippen LogP contribution in [-0.4, -0.2) is 19.2 Å². The molecule has 82 valence electrons. The van der Waals surface area contributed by atoms with Crippen LogP contribution >= 0.6 is 0 Å². The summed E-state index contributed by atoms with van der Waals surface area (Å²) < 4.78 is 22.8. The van der Waals surface area contributed by atoms with Crippen molar-refractivity contribution in [1.82, 2.24) is 0 Å². The van der Waals surface area contributed by atoms with Crippen LogP contribution in [-0.2, 0) is 9.53 Å². The first-order valence-electron chi connectivity index (χ1n) is 4.55. The van der Waals surface area contributed by atoms with Gasteiger partial charge in [-0.15, -0.1) is 0 Å². The van der Waals surface area contributed by atoms with Gasteiger partial charge < -0.3 is 9.47 Å². The predicted molar refractivity (Wildman–Crippen MR) is 53.2 cm³/mol. The van der Waals surface area contributed by atoms with Crippen molar-refractivity contribution in [3.8, 4) is 5.75 Å². The highest BCUT2D eigenvalue weighted by atomic mass is 19.1. The van der Waals surface area contributed by atoms with Crippen molar-refractivity contribution in [2.24, 2.45) is 0 Å². The molecule has 0 aromatic heterocycles. The Balaban J connectivity index is 2.73. The van der Waals surface area contributed by atoms with Crippen molar-refractivity contribution in [2.45, 2.75) is 20.0 Å². The van der Waals surface area contributed by atoms with Gasteiger partial charge in [-0.1, -0.05) is 6.07 Å².